The summed E-state index contributed by atoms with van der Waals surface area (Å²) in [7, 11) is 3.93. The number of carbonyl (C=O) groups excluding carboxylic acids is 2. The molecular weight excluding hydrogens is 302 g/mol. The molecule has 0 amide bonds. The summed E-state index contributed by atoms with van der Waals surface area (Å²) >= 11 is 0. The zero-order valence-electron chi connectivity index (χ0n) is 14.6. The highest BCUT2D eigenvalue weighted by Gasteiger charge is 2.18. The molecule has 0 saturated heterocycles. The van der Waals surface area contributed by atoms with Crippen molar-refractivity contribution in [3.63, 3.8) is 0 Å². The number of hydrogen-bond acceptors (Lipinski definition) is 4. The molecule has 24 heavy (non-hydrogen) atoms. The SMILES string of the molecule is CCOC(=O)c1ccc(C(C)C(=O)c2ccc(N(C)C)cc2)cc1. The average Bonchev–Trinajstić information content (AvgIpc) is 2.61. The van der Waals surface area contributed by atoms with Crippen molar-refractivity contribution in [2.24, 2.45) is 0 Å². The van der Waals surface area contributed by atoms with Gasteiger partial charge in [0, 0.05) is 31.3 Å². The van der Waals surface area contributed by atoms with Crippen LogP contribution in [0.4, 0.5) is 5.69 Å². The van der Waals surface area contributed by atoms with Gasteiger partial charge in [-0.3, -0.25) is 4.79 Å². The number of ether oxygens (including phenoxy) is 1. The van der Waals surface area contributed by atoms with E-state index in [1.807, 2.05) is 62.3 Å². The van der Waals surface area contributed by atoms with Gasteiger partial charge in [-0.05, 0) is 48.9 Å². The Bertz CT molecular complexity index is 703. The van der Waals surface area contributed by atoms with E-state index in [1.54, 1.807) is 19.1 Å². The van der Waals surface area contributed by atoms with Crippen molar-refractivity contribution < 1.29 is 14.3 Å². The Balaban J connectivity index is 2.14. The van der Waals surface area contributed by atoms with E-state index in [4.69, 9.17) is 4.74 Å². The number of anilines is 1. The molecule has 0 radical (unpaired) electrons. The van der Waals surface area contributed by atoms with E-state index in [2.05, 4.69) is 0 Å². The summed E-state index contributed by atoms with van der Waals surface area (Å²) in [6.45, 7) is 3.99. The van der Waals surface area contributed by atoms with Gasteiger partial charge in [-0.15, -0.1) is 0 Å². The highest BCUT2D eigenvalue weighted by Crippen LogP contribution is 2.22. The van der Waals surface area contributed by atoms with Crippen molar-refractivity contribution in [3.05, 3.63) is 65.2 Å². The summed E-state index contributed by atoms with van der Waals surface area (Å²) in [5.74, 6) is -0.557. The van der Waals surface area contributed by atoms with Gasteiger partial charge in [0.05, 0.1) is 12.2 Å². The summed E-state index contributed by atoms with van der Waals surface area (Å²) < 4.78 is 4.97. The maximum atomic E-state index is 12.6. The second-order valence-corrected chi connectivity index (χ2v) is 5.87. The third kappa shape index (κ3) is 4.02. The number of Topliss-reactive ketones (excluding diaryl/α,β-unsaturated/α-hetero) is 1. The number of nitrogens with zero attached hydrogens (tertiary/aromatic N) is 1. The average molecular weight is 325 g/mol. The van der Waals surface area contributed by atoms with Crippen LogP contribution in [-0.4, -0.2) is 32.5 Å². The highest BCUT2D eigenvalue weighted by atomic mass is 16.5. The van der Waals surface area contributed by atoms with Gasteiger partial charge in [-0.2, -0.15) is 0 Å². The Hall–Kier alpha value is -2.62. The molecule has 2 rings (SSSR count). The third-order valence-corrected chi connectivity index (χ3v) is 3.98. The van der Waals surface area contributed by atoms with Crippen LogP contribution in [0.1, 0.15) is 46.0 Å². The first-order valence-corrected chi connectivity index (χ1v) is 8.02. The summed E-state index contributed by atoms with van der Waals surface area (Å²) in [4.78, 5) is 26.3. The van der Waals surface area contributed by atoms with Gasteiger partial charge in [-0.25, -0.2) is 4.79 Å². The van der Waals surface area contributed by atoms with Crippen LogP contribution < -0.4 is 4.90 Å². The maximum Gasteiger partial charge on any atom is 0.338 e. The first kappa shape index (κ1) is 17.7. The standard InChI is InChI=1S/C20H23NO3/c1-5-24-20(23)17-8-6-15(7-9-17)14(2)19(22)16-10-12-18(13-11-16)21(3)4/h6-14H,5H2,1-4H3. The minimum atomic E-state index is -0.345. The quantitative estimate of drug-likeness (QED) is 0.596. The molecule has 1 atom stereocenters. The predicted octanol–water partition coefficient (Wildman–Crippen LogP) is 3.92. The predicted molar refractivity (Wildman–Crippen MR) is 95.9 cm³/mol. The van der Waals surface area contributed by atoms with E-state index >= 15 is 0 Å². The van der Waals surface area contributed by atoms with Gasteiger partial charge >= 0.3 is 5.97 Å². The number of hydrogen-bond donors (Lipinski definition) is 0. The number of rotatable bonds is 6. The van der Waals surface area contributed by atoms with Crippen LogP contribution in [0.2, 0.25) is 0 Å². The minimum absolute atomic E-state index is 0.0594. The molecular formula is C20H23NO3. The second kappa shape index (κ2) is 7.77. The first-order chi connectivity index (χ1) is 11.4. The molecule has 0 aliphatic heterocycles. The van der Waals surface area contributed by atoms with Crippen molar-refractivity contribution >= 4 is 17.4 Å². The first-order valence-electron chi connectivity index (χ1n) is 8.02. The summed E-state index contributed by atoms with van der Waals surface area (Å²) in [6, 6.07) is 14.6. The van der Waals surface area contributed by atoms with Crippen LogP contribution in [0.3, 0.4) is 0 Å². The lowest BCUT2D eigenvalue weighted by molar-refractivity contribution is 0.0526. The van der Waals surface area contributed by atoms with E-state index in [-0.39, 0.29) is 17.7 Å². The monoisotopic (exact) mass is 325 g/mol. The molecule has 0 aliphatic rings. The van der Waals surface area contributed by atoms with Crippen molar-refractivity contribution in [2.45, 2.75) is 19.8 Å². The fourth-order valence-electron chi connectivity index (χ4n) is 2.45. The van der Waals surface area contributed by atoms with E-state index in [0.717, 1.165) is 11.3 Å². The molecule has 2 aromatic rings. The number of esters is 1. The van der Waals surface area contributed by atoms with Crippen molar-refractivity contribution in [2.75, 3.05) is 25.6 Å². The Morgan fingerprint density at radius 2 is 1.50 bits per heavy atom. The third-order valence-electron chi connectivity index (χ3n) is 3.98. The Labute approximate surface area is 143 Å². The van der Waals surface area contributed by atoms with E-state index in [0.29, 0.717) is 17.7 Å². The second-order valence-electron chi connectivity index (χ2n) is 5.87. The zero-order chi connectivity index (χ0) is 17.7. The molecule has 4 nitrogen and oxygen atoms in total. The van der Waals surface area contributed by atoms with Crippen molar-refractivity contribution in [1.82, 2.24) is 0 Å². The zero-order valence-corrected chi connectivity index (χ0v) is 14.6. The summed E-state index contributed by atoms with van der Waals surface area (Å²) in [6.07, 6.45) is 0. The molecule has 2 aromatic carbocycles. The number of ketones is 1. The lowest BCUT2D eigenvalue weighted by atomic mass is 9.91. The Morgan fingerprint density at radius 3 is 2.00 bits per heavy atom. The fraction of sp³-hybridized carbons (Fsp3) is 0.300. The largest absolute Gasteiger partial charge is 0.462 e. The van der Waals surface area contributed by atoms with Crippen LogP contribution in [0.15, 0.2) is 48.5 Å². The Morgan fingerprint density at radius 1 is 0.958 bits per heavy atom. The minimum Gasteiger partial charge on any atom is -0.462 e. The molecule has 4 heteroatoms. The van der Waals surface area contributed by atoms with Crippen LogP contribution in [0, 0.1) is 0 Å². The molecule has 0 heterocycles. The summed E-state index contributed by atoms with van der Waals surface area (Å²) in [5.41, 5.74) is 3.11. The van der Waals surface area contributed by atoms with Crippen LogP contribution in [0.25, 0.3) is 0 Å². The van der Waals surface area contributed by atoms with Gasteiger partial charge in [0.2, 0.25) is 0 Å². The number of benzene rings is 2. The molecule has 0 bridgehead atoms. The molecule has 0 saturated carbocycles. The van der Waals surface area contributed by atoms with Crippen molar-refractivity contribution in [3.8, 4) is 0 Å². The van der Waals surface area contributed by atoms with Gasteiger partial charge in [0.1, 0.15) is 0 Å². The van der Waals surface area contributed by atoms with Gasteiger partial charge in [0.25, 0.3) is 0 Å². The van der Waals surface area contributed by atoms with Gasteiger partial charge in [-0.1, -0.05) is 19.1 Å². The normalized spacial score (nSPS) is 11.7. The lowest BCUT2D eigenvalue weighted by Gasteiger charge is -2.14. The lowest BCUT2D eigenvalue weighted by Crippen LogP contribution is -2.12. The smallest absolute Gasteiger partial charge is 0.338 e. The van der Waals surface area contributed by atoms with Gasteiger partial charge < -0.3 is 9.64 Å². The molecule has 0 fully saturated rings. The van der Waals surface area contributed by atoms with Gasteiger partial charge in [0.15, 0.2) is 5.78 Å². The summed E-state index contributed by atoms with van der Waals surface area (Å²) in [5, 5.41) is 0. The molecule has 0 aliphatic carbocycles. The number of carbonyl (C=O) groups is 2. The van der Waals surface area contributed by atoms with E-state index in [9.17, 15) is 9.59 Å². The van der Waals surface area contributed by atoms with Crippen LogP contribution in [0.5, 0.6) is 0 Å². The highest BCUT2D eigenvalue weighted by molar-refractivity contribution is 6.01. The molecule has 0 spiro atoms. The molecule has 1 unspecified atom stereocenters. The fourth-order valence-corrected chi connectivity index (χ4v) is 2.45. The van der Waals surface area contributed by atoms with E-state index < -0.39 is 0 Å². The van der Waals surface area contributed by atoms with Crippen molar-refractivity contribution in [1.29, 1.82) is 0 Å². The molecule has 0 aromatic heterocycles. The van der Waals surface area contributed by atoms with Crippen LogP contribution >= 0.6 is 0 Å². The maximum absolute atomic E-state index is 12.6. The van der Waals surface area contributed by atoms with Crippen LogP contribution in [-0.2, 0) is 4.74 Å². The molecule has 0 N–H and O–H groups in total. The molecule has 126 valence electrons. The van der Waals surface area contributed by atoms with E-state index in [1.165, 1.54) is 0 Å². The topological polar surface area (TPSA) is 46.6 Å². The Kier molecular flexibility index (Phi) is 5.74.